The molecule has 0 spiro atoms. The van der Waals surface area contributed by atoms with Gasteiger partial charge in [0.05, 0.1) is 16.6 Å². The molecular weight excluding hydrogens is 352 g/mol. The minimum atomic E-state index is -0.456. The molecule has 1 atom stereocenters. The van der Waals surface area contributed by atoms with Gasteiger partial charge in [0.2, 0.25) is 0 Å². The van der Waals surface area contributed by atoms with E-state index in [2.05, 4.69) is 4.84 Å². The van der Waals surface area contributed by atoms with Crippen LogP contribution in [0.3, 0.4) is 0 Å². The predicted octanol–water partition coefficient (Wildman–Crippen LogP) is 4.68. The topological polar surface area (TPSA) is 30.5 Å². The van der Waals surface area contributed by atoms with Crippen LogP contribution in [0, 0.1) is 5.82 Å². The Labute approximate surface area is 142 Å². The normalized spacial score (nSPS) is 16.6. The highest BCUT2D eigenvalue weighted by atomic mass is 35.5. The Kier molecular flexibility index (Phi) is 4.64. The molecule has 0 amide bonds. The first kappa shape index (κ1) is 15.7. The number of nitrogens with one attached hydrogen (secondary N) is 1. The summed E-state index contributed by atoms with van der Waals surface area (Å²) in [6.45, 7) is 0.653. The fourth-order valence-electron chi connectivity index (χ4n) is 2.31. The van der Waals surface area contributed by atoms with Gasteiger partial charge in [-0.15, -0.1) is 0 Å². The molecular formula is C15H11Cl3FNO2. The van der Waals surface area contributed by atoms with Crippen molar-refractivity contribution < 1.29 is 13.9 Å². The second kappa shape index (κ2) is 6.50. The van der Waals surface area contributed by atoms with Crippen molar-refractivity contribution >= 4 is 35.0 Å². The Morgan fingerprint density at radius 3 is 2.64 bits per heavy atom. The molecule has 3 nitrogen and oxygen atoms in total. The van der Waals surface area contributed by atoms with Crippen LogP contribution in [0.25, 0.3) is 11.1 Å². The molecule has 2 aromatic carbocycles. The molecule has 116 valence electrons. The lowest BCUT2D eigenvalue weighted by molar-refractivity contribution is 0.0947. The Balaban J connectivity index is 2.14. The monoisotopic (exact) mass is 361 g/mol. The Morgan fingerprint density at radius 1 is 1.23 bits per heavy atom. The van der Waals surface area contributed by atoms with Crippen molar-refractivity contribution in [2.24, 2.45) is 0 Å². The minimum absolute atomic E-state index is 0.270. The van der Waals surface area contributed by atoms with E-state index in [1.54, 1.807) is 18.2 Å². The first-order chi connectivity index (χ1) is 10.6. The zero-order valence-electron chi connectivity index (χ0n) is 11.2. The Hall–Kier alpha value is -1.20. The summed E-state index contributed by atoms with van der Waals surface area (Å²) in [5, 5.41) is 0.808. The van der Waals surface area contributed by atoms with Gasteiger partial charge in [-0.3, -0.25) is 0 Å². The lowest BCUT2D eigenvalue weighted by Crippen LogP contribution is -2.36. The number of benzene rings is 2. The van der Waals surface area contributed by atoms with Crippen molar-refractivity contribution in [3.8, 4) is 22.6 Å². The van der Waals surface area contributed by atoms with E-state index in [1.807, 2.05) is 0 Å². The van der Waals surface area contributed by atoms with Gasteiger partial charge in [-0.05, 0) is 30.0 Å². The van der Waals surface area contributed by atoms with Gasteiger partial charge in [0.25, 0.3) is 0 Å². The van der Waals surface area contributed by atoms with Crippen molar-refractivity contribution in [2.45, 2.75) is 6.10 Å². The number of fused-ring (bicyclic) bond motifs is 1. The second-order valence-corrected chi connectivity index (χ2v) is 5.85. The molecule has 0 radical (unpaired) electrons. The van der Waals surface area contributed by atoms with Crippen LogP contribution in [0.15, 0.2) is 30.3 Å². The highest BCUT2D eigenvalue weighted by molar-refractivity contribution is 6.39. The summed E-state index contributed by atoms with van der Waals surface area (Å²) in [4.78, 5) is 2.50. The van der Waals surface area contributed by atoms with E-state index in [9.17, 15) is 4.39 Å². The number of hydrogen-bond donors (Lipinski definition) is 1. The van der Waals surface area contributed by atoms with Crippen LogP contribution in [0.1, 0.15) is 0 Å². The highest BCUT2D eigenvalue weighted by Gasteiger charge is 2.26. The summed E-state index contributed by atoms with van der Waals surface area (Å²) < 4.78 is 25.3. The van der Waals surface area contributed by atoms with Crippen molar-refractivity contribution in [3.63, 3.8) is 0 Å². The number of ether oxygens (including phenoxy) is 2. The minimum Gasteiger partial charge on any atom is -0.486 e. The SMILES string of the molecule is Fc1cc2c(c(-c3c(Cl)cccc3Cl)c1)O[C@@H](CNCl)CO2. The largest absolute Gasteiger partial charge is 0.486 e. The molecule has 0 bridgehead atoms. The lowest BCUT2D eigenvalue weighted by atomic mass is 10.0. The van der Waals surface area contributed by atoms with E-state index in [4.69, 9.17) is 44.5 Å². The number of hydrogen-bond acceptors (Lipinski definition) is 3. The summed E-state index contributed by atoms with van der Waals surface area (Å²) in [6, 6.07) is 7.68. The third-order valence-electron chi connectivity index (χ3n) is 3.27. The molecule has 0 aliphatic carbocycles. The number of rotatable bonds is 3. The van der Waals surface area contributed by atoms with Gasteiger partial charge in [-0.25, -0.2) is 9.23 Å². The van der Waals surface area contributed by atoms with Gasteiger partial charge in [0.15, 0.2) is 11.5 Å². The molecule has 1 aliphatic heterocycles. The Bertz CT molecular complexity index is 691. The molecule has 0 saturated carbocycles. The van der Waals surface area contributed by atoms with Crippen molar-refractivity contribution in [3.05, 3.63) is 46.2 Å². The molecule has 22 heavy (non-hydrogen) atoms. The maximum Gasteiger partial charge on any atom is 0.169 e. The third kappa shape index (κ3) is 2.97. The fourth-order valence-corrected chi connectivity index (χ4v) is 3.08. The molecule has 1 aliphatic rings. The fraction of sp³-hybridized carbons (Fsp3) is 0.200. The smallest absolute Gasteiger partial charge is 0.169 e. The van der Waals surface area contributed by atoms with Gasteiger partial charge < -0.3 is 9.47 Å². The average molecular weight is 363 g/mol. The van der Waals surface area contributed by atoms with Crippen LogP contribution >= 0.6 is 35.0 Å². The molecule has 2 aromatic rings. The summed E-state index contributed by atoms with van der Waals surface area (Å²) in [6.07, 6.45) is -0.296. The van der Waals surface area contributed by atoms with Gasteiger partial charge in [-0.2, -0.15) is 0 Å². The standard InChI is InChI=1S/C15H11Cl3FNO2/c16-11-2-1-3-12(17)14(11)10-4-8(19)5-13-15(10)22-9(6-20-18)7-21-13/h1-5,9,20H,6-7H2/t9-/m0/s1. The summed E-state index contributed by atoms with van der Waals surface area (Å²) in [5.41, 5.74) is 0.953. The molecule has 3 rings (SSSR count). The van der Waals surface area contributed by atoms with E-state index in [-0.39, 0.29) is 12.7 Å². The van der Waals surface area contributed by atoms with Gasteiger partial charge in [-0.1, -0.05) is 29.3 Å². The van der Waals surface area contributed by atoms with E-state index >= 15 is 0 Å². The zero-order chi connectivity index (χ0) is 15.7. The molecule has 0 saturated heterocycles. The van der Waals surface area contributed by atoms with E-state index in [0.29, 0.717) is 39.2 Å². The van der Waals surface area contributed by atoms with Gasteiger partial charge >= 0.3 is 0 Å². The van der Waals surface area contributed by atoms with E-state index < -0.39 is 5.82 Å². The van der Waals surface area contributed by atoms with Crippen molar-refractivity contribution in [1.29, 1.82) is 0 Å². The third-order valence-corrected chi connectivity index (χ3v) is 4.05. The quantitative estimate of drug-likeness (QED) is 0.804. The van der Waals surface area contributed by atoms with Crippen LogP contribution in [-0.4, -0.2) is 19.3 Å². The second-order valence-electron chi connectivity index (χ2n) is 4.77. The maximum atomic E-state index is 13.9. The molecule has 1 N–H and O–H groups in total. The predicted molar refractivity (Wildman–Crippen MR) is 85.6 cm³/mol. The van der Waals surface area contributed by atoms with Crippen molar-refractivity contribution in [2.75, 3.05) is 13.2 Å². The van der Waals surface area contributed by atoms with Crippen LogP contribution < -0.4 is 14.3 Å². The highest BCUT2D eigenvalue weighted by Crippen LogP contribution is 2.46. The first-order valence-electron chi connectivity index (χ1n) is 6.51. The summed E-state index contributed by atoms with van der Waals surface area (Å²) in [5.74, 6) is 0.263. The molecule has 0 unspecified atom stereocenters. The van der Waals surface area contributed by atoms with Gasteiger partial charge in [0, 0.05) is 17.2 Å². The average Bonchev–Trinajstić information content (AvgIpc) is 2.47. The van der Waals surface area contributed by atoms with Crippen LogP contribution in [0.5, 0.6) is 11.5 Å². The zero-order valence-corrected chi connectivity index (χ0v) is 13.5. The van der Waals surface area contributed by atoms with Crippen LogP contribution in [-0.2, 0) is 0 Å². The Morgan fingerprint density at radius 2 is 1.95 bits per heavy atom. The van der Waals surface area contributed by atoms with Gasteiger partial charge in [0.1, 0.15) is 18.5 Å². The lowest BCUT2D eigenvalue weighted by Gasteiger charge is -2.28. The van der Waals surface area contributed by atoms with Crippen LogP contribution in [0.4, 0.5) is 4.39 Å². The summed E-state index contributed by atoms with van der Waals surface area (Å²) >= 11 is 17.9. The summed E-state index contributed by atoms with van der Waals surface area (Å²) in [7, 11) is 0. The van der Waals surface area contributed by atoms with Crippen molar-refractivity contribution in [1.82, 2.24) is 4.84 Å². The molecule has 0 fully saturated rings. The number of halogens is 4. The first-order valence-corrected chi connectivity index (χ1v) is 7.64. The van der Waals surface area contributed by atoms with E-state index in [0.717, 1.165) is 0 Å². The van der Waals surface area contributed by atoms with Crippen LogP contribution in [0.2, 0.25) is 10.0 Å². The van der Waals surface area contributed by atoms with E-state index in [1.165, 1.54) is 12.1 Å². The molecule has 0 aromatic heterocycles. The molecule has 7 heteroatoms. The maximum absolute atomic E-state index is 13.9. The molecule has 1 heterocycles.